The van der Waals surface area contributed by atoms with Gasteiger partial charge in [0.2, 0.25) is 5.91 Å². The van der Waals surface area contributed by atoms with E-state index in [1.54, 1.807) is 0 Å². The summed E-state index contributed by atoms with van der Waals surface area (Å²) in [5.41, 5.74) is 0. The number of amides is 1. The third-order valence-corrected chi connectivity index (χ3v) is 4.19. The first kappa shape index (κ1) is 13.8. The van der Waals surface area contributed by atoms with E-state index in [0.29, 0.717) is 17.9 Å². The zero-order valence-electron chi connectivity index (χ0n) is 11.7. The first-order valence-corrected chi connectivity index (χ1v) is 7.40. The monoisotopic (exact) mass is 254 g/mol. The van der Waals surface area contributed by atoms with Gasteiger partial charge in [-0.2, -0.15) is 0 Å². The molecule has 1 amide bonds. The minimum absolute atomic E-state index is 0.0624. The van der Waals surface area contributed by atoms with Crippen molar-refractivity contribution in [2.45, 2.75) is 58.1 Å². The second-order valence-electron chi connectivity index (χ2n) is 5.48. The first-order chi connectivity index (χ1) is 8.76. The Morgan fingerprint density at radius 3 is 3.00 bits per heavy atom. The Morgan fingerprint density at radius 2 is 2.28 bits per heavy atom. The number of ether oxygens (including phenoxy) is 1. The van der Waals surface area contributed by atoms with Gasteiger partial charge in [0, 0.05) is 19.1 Å². The number of hydrogen-bond donors (Lipinski definition) is 1. The summed E-state index contributed by atoms with van der Waals surface area (Å²) in [7, 11) is 0. The van der Waals surface area contributed by atoms with Crippen LogP contribution in [0.5, 0.6) is 0 Å². The van der Waals surface area contributed by atoms with Crippen LogP contribution in [-0.2, 0) is 9.53 Å². The number of hydrogen-bond acceptors (Lipinski definition) is 3. The van der Waals surface area contributed by atoms with Gasteiger partial charge in [-0.25, -0.2) is 0 Å². The number of carbonyl (C=O) groups excluding carboxylic acids is 1. The Kier molecular flexibility index (Phi) is 5.01. The van der Waals surface area contributed by atoms with Gasteiger partial charge in [0.1, 0.15) is 0 Å². The van der Waals surface area contributed by atoms with Crippen LogP contribution in [0.25, 0.3) is 0 Å². The molecule has 0 bridgehead atoms. The van der Waals surface area contributed by atoms with E-state index in [9.17, 15) is 4.79 Å². The van der Waals surface area contributed by atoms with Gasteiger partial charge in [0.05, 0.1) is 18.8 Å². The standard InChI is InChI=1S/C14H26N2O2/c1-3-5-6-12-14(17)16(10-15-12)9-11-7-8-18-13(11)4-2/h11-13,15H,3-10H2,1-2H3. The van der Waals surface area contributed by atoms with Crippen molar-refractivity contribution < 1.29 is 9.53 Å². The maximum atomic E-state index is 12.2. The van der Waals surface area contributed by atoms with Gasteiger partial charge in [0.15, 0.2) is 0 Å². The topological polar surface area (TPSA) is 41.6 Å². The number of unbranched alkanes of at least 4 members (excludes halogenated alkanes) is 1. The molecule has 2 rings (SSSR count). The molecule has 4 heteroatoms. The molecule has 0 aromatic heterocycles. The lowest BCUT2D eigenvalue weighted by atomic mass is 9.99. The van der Waals surface area contributed by atoms with Crippen LogP contribution in [0.1, 0.15) is 46.0 Å². The summed E-state index contributed by atoms with van der Waals surface area (Å²) < 4.78 is 5.69. The van der Waals surface area contributed by atoms with Gasteiger partial charge in [-0.05, 0) is 19.3 Å². The summed E-state index contributed by atoms with van der Waals surface area (Å²) in [6, 6.07) is 0.0624. The van der Waals surface area contributed by atoms with E-state index in [1.165, 1.54) is 0 Å². The summed E-state index contributed by atoms with van der Waals surface area (Å²) in [4.78, 5) is 14.2. The molecule has 2 aliphatic rings. The van der Waals surface area contributed by atoms with Crippen molar-refractivity contribution in [2.75, 3.05) is 19.8 Å². The molecule has 0 saturated carbocycles. The second kappa shape index (κ2) is 6.53. The number of nitrogens with one attached hydrogen (secondary N) is 1. The summed E-state index contributed by atoms with van der Waals surface area (Å²) in [6.45, 7) is 6.78. The number of nitrogens with zero attached hydrogens (tertiary/aromatic N) is 1. The van der Waals surface area contributed by atoms with Crippen LogP contribution in [0.3, 0.4) is 0 Å². The first-order valence-electron chi connectivity index (χ1n) is 7.40. The maximum Gasteiger partial charge on any atom is 0.240 e. The fraction of sp³-hybridized carbons (Fsp3) is 0.929. The van der Waals surface area contributed by atoms with Gasteiger partial charge in [-0.1, -0.05) is 26.7 Å². The molecule has 3 unspecified atom stereocenters. The highest BCUT2D eigenvalue weighted by Crippen LogP contribution is 2.25. The smallest absolute Gasteiger partial charge is 0.240 e. The lowest BCUT2D eigenvalue weighted by Gasteiger charge is -2.23. The second-order valence-corrected chi connectivity index (χ2v) is 5.48. The molecule has 0 aliphatic carbocycles. The Bertz CT molecular complexity index is 283. The van der Waals surface area contributed by atoms with Gasteiger partial charge < -0.3 is 9.64 Å². The van der Waals surface area contributed by atoms with E-state index in [1.807, 2.05) is 4.90 Å². The Labute approximate surface area is 110 Å². The molecule has 0 radical (unpaired) electrons. The van der Waals surface area contributed by atoms with E-state index < -0.39 is 0 Å². The molecule has 3 atom stereocenters. The fourth-order valence-corrected chi connectivity index (χ4v) is 3.03. The van der Waals surface area contributed by atoms with Crippen molar-refractivity contribution >= 4 is 5.91 Å². The molecular formula is C14H26N2O2. The highest BCUT2D eigenvalue weighted by molar-refractivity contribution is 5.83. The number of carbonyl (C=O) groups is 1. The number of rotatable bonds is 6. The van der Waals surface area contributed by atoms with Crippen LogP contribution in [0.4, 0.5) is 0 Å². The molecule has 4 nitrogen and oxygen atoms in total. The minimum atomic E-state index is 0.0624. The van der Waals surface area contributed by atoms with Gasteiger partial charge in [-0.3, -0.25) is 10.1 Å². The van der Waals surface area contributed by atoms with E-state index in [4.69, 9.17) is 4.74 Å². The predicted octanol–water partition coefficient (Wildman–Crippen LogP) is 1.75. The SMILES string of the molecule is CCCCC1NCN(CC2CCOC2CC)C1=O. The molecule has 0 spiro atoms. The van der Waals surface area contributed by atoms with Crippen LogP contribution in [-0.4, -0.2) is 42.8 Å². The third kappa shape index (κ3) is 3.04. The van der Waals surface area contributed by atoms with Crippen molar-refractivity contribution in [1.29, 1.82) is 0 Å². The van der Waals surface area contributed by atoms with Crippen molar-refractivity contribution in [3.8, 4) is 0 Å². The molecule has 1 N–H and O–H groups in total. The van der Waals surface area contributed by atoms with Crippen LogP contribution in [0.15, 0.2) is 0 Å². The fourth-order valence-electron chi connectivity index (χ4n) is 3.03. The highest BCUT2D eigenvalue weighted by Gasteiger charge is 2.35. The molecule has 104 valence electrons. The molecule has 2 saturated heterocycles. The van der Waals surface area contributed by atoms with Crippen LogP contribution < -0.4 is 5.32 Å². The maximum absolute atomic E-state index is 12.2. The quantitative estimate of drug-likeness (QED) is 0.785. The summed E-state index contributed by atoms with van der Waals surface area (Å²) in [6.07, 6.45) is 5.76. The van der Waals surface area contributed by atoms with Gasteiger partial charge in [0.25, 0.3) is 0 Å². The van der Waals surface area contributed by atoms with Gasteiger partial charge >= 0.3 is 0 Å². The van der Waals surface area contributed by atoms with E-state index >= 15 is 0 Å². The molecule has 0 aromatic carbocycles. The average Bonchev–Trinajstić information content (AvgIpc) is 2.96. The van der Waals surface area contributed by atoms with Crippen molar-refractivity contribution in [2.24, 2.45) is 5.92 Å². The van der Waals surface area contributed by atoms with E-state index in [2.05, 4.69) is 19.2 Å². The van der Waals surface area contributed by atoms with Crippen LogP contribution >= 0.6 is 0 Å². The summed E-state index contributed by atoms with van der Waals surface area (Å²) in [5.74, 6) is 0.830. The highest BCUT2D eigenvalue weighted by atomic mass is 16.5. The molecule has 0 aromatic rings. The van der Waals surface area contributed by atoms with Crippen molar-refractivity contribution in [1.82, 2.24) is 10.2 Å². The molecule has 2 fully saturated rings. The zero-order valence-corrected chi connectivity index (χ0v) is 11.7. The largest absolute Gasteiger partial charge is 0.378 e. The lowest BCUT2D eigenvalue weighted by molar-refractivity contribution is -0.129. The summed E-state index contributed by atoms with van der Waals surface area (Å²) in [5, 5.41) is 3.33. The predicted molar refractivity (Wildman–Crippen MR) is 71.2 cm³/mol. The van der Waals surface area contributed by atoms with E-state index in [0.717, 1.165) is 51.9 Å². The van der Waals surface area contributed by atoms with Gasteiger partial charge in [-0.15, -0.1) is 0 Å². The van der Waals surface area contributed by atoms with Crippen LogP contribution in [0.2, 0.25) is 0 Å². The minimum Gasteiger partial charge on any atom is -0.378 e. The zero-order chi connectivity index (χ0) is 13.0. The van der Waals surface area contributed by atoms with Crippen molar-refractivity contribution in [3.05, 3.63) is 0 Å². The van der Waals surface area contributed by atoms with E-state index in [-0.39, 0.29) is 6.04 Å². The van der Waals surface area contributed by atoms with Crippen LogP contribution in [0, 0.1) is 5.92 Å². The third-order valence-electron chi connectivity index (χ3n) is 4.19. The van der Waals surface area contributed by atoms with Crippen molar-refractivity contribution in [3.63, 3.8) is 0 Å². The molecule has 2 heterocycles. The average molecular weight is 254 g/mol. The summed E-state index contributed by atoms with van der Waals surface area (Å²) >= 11 is 0. The Balaban J connectivity index is 1.82. The molecule has 18 heavy (non-hydrogen) atoms. The molecule has 2 aliphatic heterocycles. The Morgan fingerprint density at radius 1 is 1.44 bits per heavy atom. The normalized spacial score (nSPS) is 32.4. The lowest BCUT2D eigenvalue weighted by Crippen LogP contribution is -2.36. The molecular weight excluding hydrogens is 228 g/mol. The Hall–Kier alpha value is -0.610.